The number of carbonyl (C=O) groups excluding carboxylic acids is 2. The molecule has 1 aliphatic heterocycles. The van der Waals surface area contributed by atoms with Crippen molar-refractivity contribution in [1.82, 2.24) is 0 Å². The van der Waals surface area contributed by atoms with Crippen LogP contribution in [0.3, 0.4) is 0 Å². The third-order valence-electron chi connectivity index (χ3n) is 4.99. The third-order valence-corrected chi connectivity index (χ3v) is 6.22. The lowest BCUT2D eigenvalue weighted by atomic mass is 10.1. The average molecular weight is 354 g/mol. The van der Waals surface area contributed by atoms with Crippen LogP contribution in [0.1, 0.15) is 52.2 Å². The Morgan fingerprint density at radius 2 is 1.88 bits per heavy atom. The van der Waals surface area contributed by atoms with Gasteiger partial charge in [0.05, 0.1) is 16.3 Å². The second-order valence-electron chi connectivity index (χ2n) is 6.74. The van der Waals surface area contributed by atoms with Crippen LogP contribution in [0.4, 0.5) is 11.4 Å². The maximum absolute atomic E-state index is 12.8. The van der Waals surface area contributed by atoms with Crippen LogP contribution < -0.4 is 10.2 Å². The Hall–Kier alpha value is -2.14. The molecule has 4 nitrogen and oxygen atoms in total. The van der Waals surface area contributed by atoms with Crippen molar-refractivity contribution in [2.45, 2.75) is 44.9 Å². The molecule has 0 bridgehead atoms. The first kappa shape index (κ1) is 16.3. The first-order valence-electron chi connectivity index (χ1n) is 9.05. The molecule has 1 fully saturated rings. The summed E-state index contributed by atoms with van der Waals surface area (Å²) in [6.45, 7) is 0.721. The van der Waals surface area contributed by atoms with E-state index in [0.717, 1.165) is 36.4 Å². The number of fused-ring (bicyclic) bond motifs is 1. The summed E-state index contributed by atoms with van der Waals surface area (Å²) in [7, 11) is 0. The van der Waals surface area contributed by atoms with Crippen LogP contribution in [0.15, 0.2) is 30.3 Å². The van der Waals surface area contributed by atoms with Gasteiger partial charge >= 0.3 is 0 Å². The highest BCUT2D eigenvalue weighted by Gasteiger charge is 2.24. The lowest BCUT2D eigenvalue weighted by molar-refractivity contribution is -0.117. The Kier molecular flexibility index (Phi) is 4.57. The number of rotatable bonds is 3. The Morgan fingerprint density at radius 3 is 2.72 bits per heavy atom. The number of hydrogen-bond donors (Lipinski definition) is 1. The smallest absolute Gasteiger partial charge is 0.265 e. The second-order valence-corrected chi connectivity index (χ2v) is 7.88. The molecule has 1 saturated heterocycles. The number of thiophene rings is 1. The zero-order valence-electron chi connectivity index (χ0n) is 14.2. The van der Waals surface area contributed by atoms with Gasteiger partial charge in [0.25, 0.3) is 5.91 Å². The van der Waals surface area contributed by atoms with Crippen LogP contribution in [0.25, 0.3) is 0 Å². The Bertz CT molecular complexity index is 788. The van der Waals surface area contributed by atoms with E-state index in [-0.39, 0.29) is 11.8 Å². The minimum atomic E-state index is -0.0721. The van der Waals surface area contributed by atoms with E-state index in [2.05, 4.69) is 11.4 Å². The van der Waals surface area contributed by atoms with Gasteiger partial charge in [0, 0.05) is 17.8 Å². The predicted octanol–water partition coefficient (Wildman–Crippen LogP) is 4.40. The molecule has 2 heterocycles. The zero-order valence-corrected chi connectivity index (χ0v) is 15.0. The fourth-order valence-electron chi connectivity index (χ4n) is 3.68. The molecule has 2 amide bonds. The molecule has 1 N–H and O–H groups in total. The highest BCUT2D eigenvalue weighted by atomic mass is 32.1. The van der Waals surface area contributed by atoms with Gasteiger partial charge in [-0.05, 0) is 55.9 Å². The zero-order chi connectivity index (χ0) is 17.2. The predicted molar refractivity (Wildman–Crippen MR) is 102 cm³/mol. The molecule has 2 aliphatic rings. The maximum atomic E-state index is 12.8. The second kappa shape index (κ2) is 7.00. The lowest BCUT2D eigenvalue weighted by Crippen LogP contribution is -2.25. The standard InChI is InChI=1S/C20H22N2O2S/c23-19-11-6-12-22(19)16-9-5-4-8-15(16)21-20(24)18-13-14-7-2-1-3-10-17(14)25-18/h4-5,8-9,13H,1-3,6-7,10-12H2,(H,21,24). The molecule has 130 valence electrons. The van der Waals surface area contributed by atoms with Gasteiger partial charge in [-0.2, -0.15) is 0 Å². The highest BCUT2D eigenvalue weighted by Crippen LogP contribution is 2.32. The monoisotopic (exact) mass is 354 g/mol. The van der Waals surface area contributed by atoms with Gasteiger partial charge in [-0.1, -0.05) is 18.6 Å². The van der Waals surface area contributed by atoms with Crippen molar-refractivity contribution in [3.8, 4) is 0 Å². The molecular formula is C20H22N2O2S. The van der Waals surface area contributed by atoms with Crippen LogP contribution in [-0.4, -0.2) is 18.4 Å². The summed E-state index contributed by atoms with van der Waals surface area (Å²) in [6, 6.07) is 9.64. The van der Waals surface area contributed by atoms with Crippen molar-refractivity contribution in [2.75, 3.05) is 16.8 Å². The van der Waals surface area contributed by atoms with E-state index in [9.17, 15) is 9.59 Å². The van der Waals surface area contributed by atoms with E-state index in [1.165, 1.54) is 29.7 Å². The van der Waals surface area contributed by atoms with E-state index < -0.39 is 0 Å². The van der Waals surface area contributed by atoms with E-state index >= 15 is 0 Å². The number of nitrogens with zero attached hydrogens (tertiary/aromatic N) is 1. The molecule has 0 unspecified atom stereocenters. The molecule has 2 aromatic rings. The molecule has 0 spiro atoms. The largest absolute Gasteiger partial charge is 0.319 e. The number of anilines is 2. The van der Waals surface area contributed by atoms with Gasteiger partial charge in [0.15, 0.2) is 0 Å². The molecule has 0 atom stereocenters. The fourth-order valence-corrected chi connectivity index (χ4v) is 4.83. The maximum Gasteiger partial charge on any atom is 0.265 e. The topological polar surface area (TPSA) is 49.4 Å². The van der Waals surface area contributed by atoms with Crippen molar-refractivity contribution in [2.24, 2.45) is 0 Å². The third kappa shape index (κ3) is 3.33. The average Bonchev–Trinajstić information content (AvgIpc) is 3.16. The fraction of sp³-hybridized carbons (Fsp3) is 0.400. The van der Waals surface area contributed by atoms with Crippen molar-refractivity contribution < 1.29 is 9.59 Å². The summed E-state index contributed by atoms with van der Waals surface area (Å²) >= 11 is 1.62. The molecule has 1 aromatic carbocycles. The summed E-state index contributed by atoms with van der Waals surface area (Å²) in [4.78, 5) is 28.7. The van der Waals surface area contributed by atoms with Crippen molar-refractivity contribution in [3.05, 3.63) is 45.6 Å². The first-order valence-corrected chi connectivity index (χ1v) is 9.86. The van der Waals surface area contributed by atoms with Gasteiger partial charge in [0.1, 0.15) is 0 Å². The summed E-state index contributed by atoms with van der Waals surface area (Å²) in [5, 5.41) is 3.03. The number of nitrogens with one attached hydrogen (secondary N) is 1. The van der Waals surface area contributed by atoms with Gasteiger partial charge in [-0.15, -0.1) is 11.3 Å². The SMILES string of the molecule is O=C(Nc1ccccc1N1CCCC1=O)c1cc2c(s1)CCCCC2. The normalized spacial score (nSPS) is 17.3. The van der Waals surface area contributed by atoms with Crippen LogP contribution in [0.2, 0.25) is 0 Å². The number of aryl methyl sites for hydroxylation is 2. The van der Waals surface area contributed by atoms with Crippen molar-refractivity contribution >= 4 is 34.5 Å². The van der Waals surface area contributed by atoms with Crippen LogP contribution >= 0.6 is 11.3 Å². The molecular weight excluding hydrogens is 332 g/mol. The van der Waals surface area contributed by atoms with Crippen LogP contribution in [0, 0.1) is 0 Å². The van der Waals surface area contributed by atoms with E-state index in [1.807, 2.05) is 24.3 Å². The first-order chi connectivity index (χ1) is 12.2. The summed E-state index contributed by atoms with van der Waals surface area (Å²) in [5.41, 5.74) is 2.86. The number of para-hydroxylation sites is 2. The lowest BCUT2D eigenvalue weighted by Gasteiger charge is -2.19. The Morgan fingerprint density at radius 1 is 1.04 bits per heavy atom. The molecule has 25 heavy (non-hydrogen) atoms. The molecule has 5 heteroatoms. The minimum Gasteiger partial charge on any atom is -0.319 e. The summed E-state index contributed by atoms with van der Waals surface area (Å²) < 4.78 is 0. The number of amides is 2. The van der Waals surface area contributed by atoms with E-state index in [1.54, 1.807) is 16.2 Å². The molecule has 4 rings (SSSR count). The van der Waals surface area contributed by atoms with Gasteiger partial charge in [-0.25, -0.2) is 0 Å². The number of carbonyl (C=O) groups is 2. The summed E-state index contributed by atoms with van der Waals surface area (Å²) in [5.74, 6) is 0.0571. The number of benzene rings is 1. The summed E-state index contributed by atoms with van der Waals surface area (Å²) in [6.07, 6.45) is 7.34. The quantitative estimate of drug-likeness (QED) is 0.831. The molecule has 0 saturated carbocycles. The number of hydrogen-bond acceptors (Lipinski definition) is 3. The van der Waals surface area contributed by atoms with Gasteiger partial charge in [-0.3, -0.25) is 9.59 Å². The Balaban J connectivity index is 1.56. The van der Waals surface area contributed by atoms with Gasteiger partial charge < -0.3 is 10.2 Å². The van der Waals surface area contributed by atoms with Crippen LogP contribution in [0.5, 0.6) is 0 Å². The van der Waals surface area contributed by atoms with E-state index in [4.69, 9.17) is 0 Å². The van der Waals surface area contributed by atoms with Gasteiger partial charge in [0.2, 0.25) is 5.91 Å². The highest BCUT2D eigenvalue weighted by molar-refractivity contribution is 7.14. The van der Waals surface area contributed by atoms with E-state index in [0.29, 0.717) is 12.1 Å². The van der Waals surface area contributed by atoms with Crippen molar-refractivity contribution in [3.63, 3.8) is 0 Å². The molecule has 0 radical (unpaired) electrons. The molecule has 1 aromatic heterocycles. The minimum absolute atomic E-state index is 0.0721. The van der Waals surface area contributed by atoms with Crippen molar-refractivity contribution in [1.29, 1.82) is 0 Å². The molecule has 1 aliphatic carbocycles. The Labute approximate surface area is 151 Å². The van der Waals surface area contributed by atoms with Crippen LogP contribution in [-0.2, 0) is 17.6 Å².